The fourth-order valence-electron chi connectivity index (χ4n) is 2.60. The van der Waals surface area contributed by atoms with E-state index in [2.05, 4.69) is 0 Å². The molecule has 0 bridgehead atoms. The summed E-state index contributed by atoms with van der Waals surface area (Å²) in [5.41, 5.74) is 4.89. The molecule has 0 amide bonds. The molecule has 0 aliphatic heterocycles. The van der Waals surface area contributed by atoms with Gasteiger partial charge < -0.3 is 10.5 Å². The maximum atomic E-state index is 12.9. The van der Waals surface area contributed by atoms with Gasteiger partial charge in [-0.15, -0.1) is 0 Å². The number of rotatable bonds is 4. The molecule has 0 heterocycles. The van der Waals surface area contributed by atoms with Crippen molar-refractivity contribution in [2.24, 2.45) is 5.73 Å². The first-order valence-corrected chi connectivity index (χ1v) is 8.08. The summed E-state index contributed by atoms with van der Waals surface area (Å²) in [6.07, 6.45) is 1.03. The third-order valence-electron chi connectivity index (χ3n) is 3.50. The van der Waals surface area contributed by atoms with E-state index in [9.17, 15) is 17.6 Å². The number of hydrogen-bond donors (Lipinski definition) is 1. The van der Waals surface area contributed by atoms with E-state index in [-0.39, 0.29) is 6.61 Å². The van der Waals surface area contributed by atoms with E-state index in [1.807, 2.05) is 0 Å². The van der Waals surface area contributed by atoms with Crippen LogP contribution in [0.1, 0.15) is 18.4 Å². The summed E-state index contributed by atoms with van der Waals surface area (Å²) in [5.74, 6) is -1.90. The molecule has 1 aliphatic carbocycles. The van der Waals surface area contributed by atoms with Crippen molar-refractivity contribution in [3.8, 4) is 0 Å². The molecule has 2 N–H and O–H groups in total. The lowest BCUT2D eigenvalue weighted by Gasteiger charge is -2.10. The molecule has 0 radical (unpaired) electrons. The van der Waals surface area contributed by atoms with Crippen LogP contribution in [0.5, 0.6) is 0 Å². The van der Waals surface area contributed by atoms with Crippen LogP contribution in [-0.2, 0) is 19.4 Å². The summed E-state index contributed by atoms with van der Waals surface area (Å²) < 4.78 is 41.4. The highest BCUT2D eigenvalue weighted by atomic mass is 32.2. The molecule has 7 heteroatoms. The van der Waals surface area contributed by atoms with Crippen LogP contribution in [0.4, 0.5) is 4.39 Å². The van der Waals surface area contributed by atoms with Crippen LogP contribution in [0.15, 0.2) is 24.3 Å². The Kier molecular flexibility index (Phi) is 3.60. The van der Waals surface area contributed by atoms with Crippen molar-refractivity contribution in [1.82, 2.24) is 0 Å². The third kappa shape index (κ3) is 2.31. The zero-order valence-corrected chi connectivity index (χ0v) is 12.0. The lowest BCUT2D eigenvalue weighted by atomic mass is 10.1. The highest BCUT2D eigenvalue weighted by molar-refractivity contribution is 7.91. The molecular weight excluding hydrogens is 285 g/mol. The van der Waals surface area contributed by atoms with Gasteiger partial charge >= 0.3 is 5.97 Å². The van der Waals surface area contributed by atoms with Crippen LogP contribution < -0.4 is 5.73 Å². The van der Waals surface area contributed by atoms with Crippen molar-refractivity contribution >= 4 is 15.8 Å². The second-order valence-electron chi connectivity index (χ2n) is 4.93. The van der Waals surface area contributed by atoms with Crippen LogP contribution in [-0.4, -0.2) is 38.0 Å². The quantitative estimate of drug-likeness (QED) is 0.823. The Morgan fingerprint density at radius 2 is 1.95 bits per heavy atom. The maximum absolute atomic E-state index is 12.9. The molecule has 0 saturated heterocycles. The lowest BCUT2D eigenvalue weighted by Crippen LogP contribution is -2.41. The Hall–Kier alpha value is -1.47. The van der Waals surface area contributed by atoms with Crippen molar-refractivity contribution in [2.45, 2.75) is 23.6 Å². The predicted octanol–water partition coefficient (Wildman–Crippen LogP) is 0.597. The second-order valence-corrected chi connectivity index (χ2v) is 7.10. The maximum Gasteiger partial charge on any atom is 0.328 e. The number of benzene rings is 1. The molecule has 110 valence electrons. The minimum absolute atomic E-state index is 0.115. The van der Waals surface area contributed by atoms with Gasteiger partial charge in [-0.05, 0) is 24.6 Å². The van der Waals surface area contributed by atoms with Gasteiger partial charge in [-0.3, -0.25) is 0 Å². The van der Waals surface area contributed by atoms with Crippen LogP contribution >= 0.6 is 0 Å². The zero-order valence-electron chi connectivity index (χ0n) is 11.2. The molecule has 0 aromatic heterocycles. The fraction of sp³-hybridized carbons (Fsp3) is 0.462. The summed E-state index contributed by atoms with van der Waals surface area (Å²) in [4.78, 5) is 11.9. The molecule has 5 nitrogen and oxygen atoms in total. The van der Waals surface area contributed by atoms with Crippen LogP contribution in [0, 0.1) is 5.82 Å². The normalized spacial score (nSPS) is 29.0. The Morgan fingerprint density at radius 3 is 2.40 bits per heavy atom. The van der Waals surface area contributed by atoms with Crippen molar-refractivity contribution < 1.29 is 22.3 Å². The van der Waals surface area contributed by atoms with Gasteiger partial charge in [0, 0.05) is 12.2 Å². The van der Waals surface area contributed by atoms with Gasteiger partial charge in [-0.25, -0.2) is 17.6 Å². The van der Waals surface area contributed by atoms with Gasteiger partial charge in [0.1, 0.15) is 11.4 Å². The number of sulfone groups is 1. The first-order valence-electron chi connectivity index (χ1n) is 6.13. The summed E-state index contributed by atoms with van der Waals surface area (Å²) in [6, 6.07) is 5.29. The SMILES string of the molecule is CCOC(=O)[C@@]1(N)[C@H](c2ccc(F)cc2)[C@@H]1S(C)(=O)=O. The molecule has 1 saturated carbocycles. The smallest absolute Gasteiger partial charge is 0.328 e. The highest BCUT2D eigenvalue weighted by Crippen LogP contribution is 2.54. The molecule has 1 fully saturated rings. The molecule has 2 rings (SSSR count). The van der Waals surface area contributed by atoms with Gasteiger partial charge in [0.15, 0.2) is 9.84 Å². The summed E-state index contributed by atoms with van der Waals surface area (Å²) in [5, 5.41) is -1.04. The van der Waals surface area contributed by atoms with Crippen molar-refractivity contribution in [1.29, 1.82) is 0 Å². The Labute approximate surface area is 116 Å². The number of carbonyl (C=O) groups excluding carboxylic acids is 1. The van der Waals surface area contributed by atoms with Gasteiger partial charge in [-0.1, -0.05) is 12.1 Å². The topological polar surface area (TPSA) is 86.5 Å². The average Bonchev–Trinajstić information content (AvgIpc) is 2.99. The average molecular weight is 301 g/mol. The summed E-state index contributed by atoms with van der Waals surface area (Å²) >= 11 is 0. The van der Waals surface area contributed by atoms with Crippen molar-refractivity contribution in [3.05, 3.63) is 35.6 Å². The number of hydrogen-bond acceptors (Lipinski definition) is 5. The number of esters is 1. The molecule has 1 aliphatic rings. The Balaban J connectivity index is 2.41. The lowest BCUT2D eigenvalue weighted by molar-refractivity contribution is -0.145. The first-order chi connectivity index (χ1) is 9.22. The first kappa shape index (κ1) is 14.9. The van der Waals surface area contributed by atoms with E-state index in [0.717, 1.165) is 6.26 Å². The number of ether oxygens (including phenoxy) is 1. The molecule has 1 aromatic rings. The van der Waals surface area contributed by atoms with E-state index in [0.29, 0.717) is 5.56 Å². The van der Waals surface area contributed by atoms with E-state index in [1.54, 1.807) is 6.92 Å². The second kappa shape index (κ2) is 4.82. The molecule has 0 spiro atoms. The van der Waals surface area contributed by atoms with E-state index in [4.69, 9.17) is 10.5 Å². The van der Waals surface area contributed by atoms with E-state index >= 15 is 0 Å². The molecule has 3 atom stereocenters. The summed E-state index contributed by atoms with van der Waals surface area (Å²) in [7, 11) is -3.53. The van der Waals surface area contributed by atoms with Gasteiger partial charge in [0.05, 0.1) is 11.9 Å². The summed E-state index contributed by atoms with van der Waals surface area (Å²) in [6.45, 7) is 1.73. The predicted molar refractivity (Wildman–Crippen MR) is 71.3 cm³/mol. The highest BCUT2D eigenvalue weighted by Gasteiger charge is 2.73. The van der Waals surface area contributed by atoms with E-state index < -0.39 is 38.3 Å². The number of halogens is 1. The van der Waals surface area contributed by atoms with Crippen LogP contribution in [0.3, 0.4) is 0 Å². The standard InChI is InChI=1S/C13H16FNO4S/c1-3-19-12(16)13(15)10(11(13)20(2,17)18)8-4-6-9(14)7-5-8/h4-7,10-11H,3,15H2,1-2H3/t10-,11+,13-/m1/s1. The minimum Gasteiger partial charge on any atom is -0.465 e. The molecule has 1 aromatic carbocycles. The molecular formula is C13H16FNO4S. The van der Waals surface area contributed by atoms with Gasteiger partial charge in [0.2, 0.25) is 0 Å². The van der Waals surface area contributed by atoms with Crippen molar-refractivity contribution in [3.63, 3.8) is 0 Å². The largest absolute Gasteiger partial charge is 0.465 e. The van der Waals surface area contributed by atoms with Crippen LogP contribution in [0.2, 0.25) is 0 Å². The van der Waals surface area contributed by atoms with Crippen molar-refractivity contribution in [2.75, 3.05) is 12.9 Å². The molecule has 20 heavy (non-hydrogen) atoms. The van der Waals surface area contributed by atoms with Gasteiger partial charge in [0.25, 0.3) is 0 Å². The third-order valence-corrected chi connectivity index (χ3v) is 5.08. The Bertz CT molecular complexity index is 628. The number of carbonyl (C=O) groups is 1. The fourth-order valence-corrected chi connectivity index (χ4v) is 4.35. The molecule has 0 unspecified atom stereocenters. The Morgan fingerprint density at radius 1 is 1.40 bits per heavy atom. The van der Waals surface area contributed by atoms with Crippen LogP contribution in [0.25, 0.3) is 0 Å². The number of nitrogens with two attached hydrogens (primary N) is 1. The minimum atomic E-state index is -3.53. The monoisotopic (exact) mass is 301 g/mol. The van der Waals surface area contributed by atoms with E-state index in [1.165, 1.54) is 24.3 Å². The van der Waals surface area contributed by atoms with Gasteiger partial charge in [-0.2, -0.15) is 0 Å². The zero-order chi connectivity index (χ0) is 15.1.